The predicted molar refractivity (Wildman–Crippen MR) is 96.2 cm³/mol. The van der Waals surface area contributed by atoms with Crippen molar-refractivity contribution in [1.29, 1.82) is 0 Å². The lowest BCUT2D eigenvalue weighted by Gasteiger charge is -2.09. The lowest BCUT2D eigenvalue weighted by atomic mass is 10.1. The number of esters is 1. The number of Topliss-reactive ketones (excluding diaryl/α,β-unsaturated/α-hetero) is 1. The van der Waals surface area contributed by atoms with Crippen molar-refractivity contribution in [2.45, 2.75) is 40.2 Å². The number of methoxy groups -OCH3 is 1. The molecule has 2 heterocycles. The molecular formula is C18H24N2O4S. The second-order valence-corrected chi connectivity index (χ2v) is 6.96. The van der Waals surface area contributed by atoms with E-state index >= 15 is 0 Å². The van der Waals surface area contributed by atoms with Gasteiger partial charge < -0.3 is 14.0 Å². The molecule has 2 aromatic heterocycles. The van der Waals surface area contributed by atoms with Crippen LogP contribution in [0.5, 0.6) is 0 Å². The highest BCUT2D eigenvalue weighted by Gasteiger charge is 2.17. The van der Waals surface area contributed by atoms with E-state index in [0.717, 1.165) is 29.4 Å². The van der Waals surface area contributed by atoms with Gasteiger partial charge in [-0.25, -0.2) is 4.98 Å². The zero-order valence-corrected chi connectivity index (χ0v) is 15.9. The van der Waals surface area contributed by atoms with Crippen LogP contribution < -0.4 is 0 Å². The maximum atomic E-state index is 12.4. The highest BCUT2D eigenvalue weighted by molar-refractivity contribution is 7.09. The Labute approximate surface area is 151 Å². The Balaban J connectivity index is 1.92. The predicted octanol–water partition coefficient (Wildman–Crippen LogP) is 2.87. The Bertz CT molecular complexity index is 748. The maximum Gasteiger partial charge on any atom is 0.312 e. The first-order chi connectivity index (χ1) is 11.9. The SMILES string of the molecule is COCCCn1c(C)cc(C(=O)COC(=O)Cc2csc(C)n2)c1C. The van der Waals surface area contributed by atoms with Gasteiger partial charge in [-0.3, -0.25) is 9.59 Å². The van der Waals surface area contributed by atoms with E-state index in [9.17, 15) is 9.59 Å². The number of aryl methyl sites for hydroxylation is 2. The Hall–Kier alpha value is -1.99. The van der Waals surface area contributed by atoms with Gasteiger partial charge in [-0.15, -0.1) is 11.3 Å². The quantitative estimate of drug-likeness (QED) is 0.389. The summed E-state index contributed by atoms with van der Waals surface area (Å²) in [6, 6.07) is 1.85. The molecule has 0 aliphatic rings. The number of carbonyl (C=O) groups excluding carboxylic acids is 2. The van der Waals surface area contributed by atoms with E-state index in [1.807, 2.05) is 32.2 Å². The molecule has 7 heteroatoms. The lowest BCUT2D eigenvalue weighted by Crippen LogP contribution is -2.16. The first kappa shape index (κ1) is 19.3. The van der Waals surface area contributed by atoms with Crippen molar-refractivity contribution < 1.29 is 19.1 Å². The van der Waals surface area contributed by atoms with E-state index in [1.165, 1.54) is 11.3 Å². The summed E-state index contributed by atoms with van der Waals surface area (Å²) in [7, 11) is 1.67. The minimum Gasteiger partial charge on any atom is -0.457 e. The number of nitrogens with zero attached hydrogens (tertiary/aromatic N) is 2. The van der Waals surface area contributed by atoms with Crippen LogP contribution in [0.3, 0.4) is 0 Å². The minimum atomic E-state index is -0.437. The summed E-state index contributed by atoms with van der Waals surface area (Å²) in [5, 5.41) is 2.73. The second-order valence-electron chi connectivity index (χ2n) is 5.90. The van der Waals surface area contributed by atoms with E-state index in [4.69, 9.17) is 9.47 Å². The third-order valence-electron chi connectivity index (χ3n) is 3.96. The number of aromatic nitrogens is 2. The summed E-state index contributed by atoms with van der Waals surface area (Å²) in [6.45, 7) is 6.98. The third-order valence-corrected chi connectivity index (χ3v) is 4.78. The molecule has 0 aliphatic carbocycles. The van der Waals surface area contributed by atoms with Crippen molar-refractivity contribution in [1.82, 2.24) is 9.55 Å². The highest BCUT2D eigenvalue weighted by Crippen LogP contribution is 2.17. The molecule has 25 heavy (non-hydrogen) atoms. The Morgan fingerprint density at radius 1 is 1.28 bits per heavy atom. The molecule has 0 fully saturated rings. The lowest BCUT2D eigenvalue weighted by molar-refractivity contribution is -0.141. The van der Waals surface area contributed by atoms with Gasteiger partial charge in [0.25, 0.3) is 0 Å². The van der Waals surface area contributed by atoms with Crippen LogP contribution >= 0.6 is 11.3 Å². The number of hydrogen-bond donors (Lipinski definition) is 0. The topological polar surface area (TPSA) is 70.4 Å². The molecule has 0 saturated heterocycles. The first-order valence-corrected chi connectivity index (χ1v) is 9.05. The number of ketones is 1. The number of ether oxygens (including phenoxy) is 2. The Morgan fingerprint density at radius 3 is 2.68 bits per heavy atom. The van der Waals surface area contributed by atoms with Crippen molar-refractivity contribution >= 4 is 23.1 Å². The Kier molecular flexibility index (Phi) is 6.90. The van der Waals surface area contributed by atoms with Crippen LogP contribution in [-0.4, -0.2) is 41.6 Å². The fraction of sp³-hybridized carbons (Fsp3) is 0.500. The van der Waals surface area contributed by atoms with Gasteiger partial charge in [-0.2, -0.15) is 0 Å². The summed E-state index contributed by atoms with van der Waals surface area (Å²) in [4.78, 5) is 28.5. The highest BCUT2D eigenvalue weighted by atomic mass is 32.1. The maximum absolute atomic E-state index is 12.4. The minimum absolute atomic E-state index is 0.0909. The number of thiazole rings is 1. The summed E-state index contributed by atoms with van der Waals surface area (Å²) >= 11 is 1.48. The fourth-order valence-corrected chi connectivity index (χ4v) is 3.32. The summed E-state index contributed by atoms with van der Waals surface area (Å²) < 4.78 is 12.3. The number of hydrogen-bond acceptors (Lipinski definition) is 6. The van der Waals surface area contributed by atoms with Crippen LogP contribution in [0.15, 0.2) is 11.4 Å². The molecule has 0 atom stereocenters. The van der Waals surface area contributed by atoms with Crippen molar-refractivity contribution in [3.8, 4) is 0 Å². The van der Waals surface area contributed by atoms with E-state index < -0.39 is 5.97 Å². The molecule has 2 aromatic rings. The fourth-order valence-electron chi connectivity index (χ4n) is 2.71. The summed E-state index contributed by atoms with van der Waals surface area (Å²) in [6.07, 6.45) is 0.968. The Morgan fingerprint density at radius 2 is 2.04 bits per heavy atom. The molecule has 6 nitrogen and oxygen atoms in total. The first-order valence-electron chi connectivity index (χ1n) is 8.18. The number of rotatable bonds is 9. The van der Waals surface area contributed by atoms with Gasteiger partial charge in [0.15, 0.2) is 6.61 Å². The average Bonchev–Trinajstić information content (AvgIpc) is 3.10. The molecule has 0 bridgehead atoms. The van der Waals surface area contributed by atoms with Crippen molar-refractivity contribution in [2.24, 2.45) is 0 Å². The van der Waals surface area contributed by atoms with Gasteiger partial charge in [0.05, 0.1) is 17.1 Å². The summed E-state index contributed by atoms with van der Waals surface area (Å²) in [5.41, 5.74) is 3.19. The molecule has 0 N–H and O–H groups in total. The summed E-state index contributed by atoms with van der Waals surface area (Å²) in [5.74, 6) is -0.624. The average molecular weight is 364 g/mol. The van der Waals surface area contributed by atoms with Crippen molar-refractivity contribution in [3.63, 3.8) is 0 Å². The molecule has 0 aromatic carbocycles. The van der Waals surface area contributed by atoms with Crippen LogP contribution in [0.2, 0.25) is 0 Å². The molecule has 0 saturated carbocycles. The van der Waals surface area contributed by atoms with Crippen LogP contribution in [0, 0.1) is 20.8 Å². The molecule has 0 spiro atoms. The third kappa shape index (κ3) is 5.24. The standard InChI is InChI=1S/C18H24N2O4S/c1-12-8-16(13(2)20(12)6-5-7-23-4)17(21)10-24-18(22)9-15-11-25-14(3)19-15/h8,11H,5-7,9-10H2,1-4H3. The molecule has 0 aliphatic heterocycles. The van der Waals surface area contributed by atoms with E-state index in [1.54, 1.807) is 7.11 Å². The van der Waals surface area contributed by atoms with Crippen LogP contribution in [0.25, 0.3) is 0 Å². The molecule has 136 valence electrons. The van der Waals surface area contributed by atoms with Gasteiger partial charge in [0.1, 0.15) is 0 Å². The largest absolute Gasteiger partial charge is 0.457 e. The second kappa shape index (κ2) is 8.92. The monoisotopic (exact) mass is 364 g/mol. The van der Waals surface area contributed by atoms with Gasteiger partial charge >= 0.3 is 5.97 Å². The van der Waals surface area contributed by atoms with Crippen LogP contribution in [-0.2, 0) is 27.2 Å². The molecule has 2 rings (SSSR count). The normalized spacial score (nSPS) is 10.9. The van der Waals surface area contributed by atoms with Crippen molar-refractivity contribution in [2.75, 3.05) is 20.3 Å². The molecule has 0 amide bonds. The van der Waals surface area contributed by atoms with Crippen LogP contribution in [0.4, 0.5) is 0 Å². The van der Waals surface area contributed by atoms with Crippen molar-refractivity contribution in [3.05, 3.63) is 39.1 Å². The van der Waals surface area contributed by atoms with E-state index in [2.05, 4.69) is 9.55 Å². The zero-order chi connectivity index (χ0) is 18.4. The van der Waals surface area contributed by atoms with Gasteiger partial charge in [-0.1, -0.05) is 0 Å². The molecular weight excluding hydrogens is 340 g/mol. The zero-order valence-electron chi connectivity index (χ0n) is 15.1. The van der Waals surface area contributed by atoms with Gasteiger partial charge in [0.2, 0.25) is 5.78 Å². The van der Waals surface area contributed by atoms with Crippen LogP contribution in [0.1, 0.15) is 38.9 Å². The van der Waals surface area contributed by atoms with E-state index in [-0.39, 0.29) is 18.8 Å². The van der Waals surface area contributed by atoms with Gasteiger partial charge in [-0.05, 0) is 33.3 Å². The smallest absolute Gasteiger partial charge is 0.312 e. The van der Waals surface area contributed by atoms with Gasteiger partial charge in [0, 0.05) is 42.6 Å². The molecule has 0 unspecified atom stereocenters. The van der Waals surface area contributed by atoms with E-state index in [0.29, 0.717) is 17.9 Å². The number of carbonyl (C=O) groups is 2. The molecule has 0 radical (unpaired) electrons.